The predicted molar refractivity (Wildman–Crippen MR) is 90.0 cm³/mol. The van der Waals surface area contributed by atoms with Crippen LogP contribution in [0.3, 0.4) is 0 Å². The second-order valence-electron chi connectivity index (χ2n) is 6.59. The average molecular weight is 316 g/mol. The van der Waals surface area contributed by atoms with Gasteiger partial charge in [0.25, 0.3) is 0 Å². The summed E-state index contributed by atoms with van der Waals surface area (Å²) >= 11 is 0. The predicted octanol–water partition coefficient (Wildman–Crippen LogP) is 2.80. The fraction of sp³-hybridized carbons (Fsp3) is 0.444. The zero-order valence-corrected chi connectivity index (χ0v) is 14.1. The highest BCUT2D eigenvalue weighted by Crippen LogP contribution is 2.20. The van der Waals surface area contributed by atoms with Gasteiger partial charge in [-0.3, -0.25) is 4.79 Å². The van der Waals surface area contributed by atoms with Gasteiger partial charge in [-0.1, -0.05) is 39.0 Å². The molecule has 0 aliphatic rings. The van der Waals surface area contributed by atoms with Gasteiger partial charge in [-0.15, -0.1) is 0 Å². The molecule has 1 heterocycles. The molecule has 1 aromatic carbocycles. The van der Waals surface area contributed by atoms with Crippen LogP contribution in [0, 0.1) is 5.41 Å². The maximum absolute atomic E-state index is 12.2. The first-order valence-electron chi connectivity index (χ1n) is 7.85. The highest BCUT2D eigenvalue weighted by Gasteiger charge is 2.29. The molecule has 0 aliphatic heterocycles. The minimum Gasteiger partial charge on any atom is -0.464 e. The molecule has 5 nitrogen and oxygen atoms in total. The van der Waals surface area contributed by atoms with Gasteiger partial charge >= 0.3 is 5.97 Å². The van der Waals surface area contributed by atoms with E-state index in [-0.39, 0.29) is 12.5 Å². The molecule has 124 valence electrons. The van der Waals surface area contributed by atoms with Crippen molar-refractivity contribution >= 4 is 22.8 Å². The number of aromatic amines is 1. The second-order valence-corrected chi connectivity index (χ2v) is 6.59. The number of benzene rings is 1. The number of nitrogens with one attached hydrogen (secondary N) is 2. The normalized spacial score (nSPS) is 12.9. The standard InChI is InChI=1S/C18H24N2O3/c1-5-23-16(21)15(20-17(22)18(2,3)4)10-12-11-19-14-9-7-6-8-13(12)14/h6-9,11,15,19H,5,10H2,1-4H3,(H,20,22). The summed E-state index contributed by atoms with van der Waals surface area (Å²) < 4.78 is 5.11. The first kappa shape index (κ1) is 17.1. The summed E-state index contributed by atoms with van der Waals surface area (Å²) in [6.07, 6.45) is 2.27. The Morgan fingerprint density at radius 3 is 2.61 bits per heavy atom. The number of amides is 1. The minimum atomic E-state index is -0.694. The van der Waals surface area contributed by atoms with E-state index in [1.807, 2.05) is 51.2 Å². The van der Waals surface area contributed by atoms with Crippen molar-refractivity contribution in [2.45, 2.75) is 40.2 Å². The molecule has 0 fully saturated rings. The van der Waals surface area contributed by atoms with Crippen LogP contribution in [0.25, 0.3) is 10.9 Å². The van der Waals surface area contributed by atoms with E-state index in [4.69, 9.17) is 4.74 Å². The molecule has 1 unspecified atom stereocenters. The van der Waals surface area contributed by atoms with Crippen LogP contribution in [0.4, 0.5) is 0 Å². The number of ether oxygens (including phenoxy) is 1. The number of hydrogen-bond donors (Lipinski definition) is 2. The molecule has 0 spiro atoms. The third kappa shape index (κ3) is 4.12. The van der Waals surface area contributed by atoms with E-state index in [0.717, 1.165) is 16.5 Å². The summed E-state index contributed by atoms with van der Waals surface area (Å²) in [4.78, 5) is 27.7. The second kappa shape index (κ2) is 6.86. The van der Waals surface area contributed by atoms with E-state index in [1.165, 1.54) is 0 Å². The summed E-state index contributed by atoms with van der Waals surface area (Å²) in [6, 6.07) is 7.18. The van der Waals surface area contributed by atoms with Crippen LogP contribution in [-0.2, 0) is 20.7 Å². The van der Waals surface area contributed by atoms with Crippen molar-refractivity contribution in [2.75, 3.05) is 6.61 Å². The van der Waals surface area contributed by atoms with Gasteiger partial charge in [0.05, 0.1) is 6.61 Å². The lowest BCUT2D eigenvalue weighted by molar-refractivity contribution is -0.148. The number of esters is 1. The number of rotatable bonds is 5. The topological polar surface area (TPSA) is 71.2 Å². The molecular weight excluding hydrogens is 292 g/mol. The molecule has 0 bridgehead atoms. The Morgan fingerprint density at radius 2 is 1.96 bits per heavy atom. The van der Waals surface area contributed by atoms with Crippen LogP contribution in [0.5, 0.6) is 0 Å². The van der Waals surface area contributed by atoms with E-state index < -0.39 is 17.4 Å². The first-order valence-corrected chi connectivity index (χ1v) is 7.85. The van der Waals surface area contributed by atoms with E-state index in [2.05, 4.69) is 10.3 Å². The SMILES string of the molecule is CCOC(=O)C(Cc1c[nH]c2ccccc12)NC(=O)C(C)(C)C. The van der Waals surface area contributed by atoms with E-state index in [9.17, 15) is 9.59 Å². The van der Waals surface area contributed by atoms with Crippen LogP contribution in [0.2, 0.25) is 0 Å². The maximum Gasteiger partial charge on any atom is 0.328 e. The van der Waals surface area contributed by atoms with Crippen LogP contribution in [-0.4, -0.2) is 29.5 Å². The molecule has 2 N–H and O–H groups in total. The molecule has 0 aliphatic carbocycles. The highest BCUT2D eigenvalue weighted by molar-refractivity contribution is 5.89. The zero-order valence-electron chi connectivity index (χ0n) is 14.1. The Morgan fingerprint density at radius 1 is 1.26 bits per heavy atom. The van der Waals surface area contributed by atoms with Gasteiger partial charge in [0, 0.05) is 28.9 Å². The lowest BCUT2D eigenvalue weighted by Crippen LogP contribution is -2.47. The molecule has 1 aromatic heterocycles. The molecule has 0 radical (unpaired) electrons. The number of para-hydroxylation sites is 1. The lowest BCUT2D eigenvalue weighted by atomic mass is 9.94. The van der Waals surface area contributed by atoms with Crippen LogP contribution in [0.1, 0.15) is 33.3 Å². The number of hydrogen-bond acceptors (Lipinski definition) is 3. The van der Waals surface area contributed by atoms with Gasteiger partial charge in [0.15, 0.2) is 0 Å². The van der Waals surface area contributed by atoms with Crippen molar-refractivity contribution in [1.82, 2.24) is 10.3 Å². The number of aromatic nitrogens is 1. The monoisotopic (exact) mass is 316 g/mol. The maximum atomic E-state index is 12.2. The molecular formula is C18H24N2O3. The summed E-state index contributed by atoms with van der Waals surface area (Å²) in [7, 11) is 0. The third-order valence-electron chi connectivity index (χ3n) is 3.66. The number of carbonyl (C=O) groups is 2. The smallest absolute Gasteiger partial charge is 0.328 e. The first-order chi connectivity index (χ1) is 10.8. The van der Waals surface area contributed by atoms with Gasteiger partial charge in [0.2, 0.25) is 5.91 Å². The molecule has 0 saturated heterocycles. The van der Waals surface area contributed by atoms with E-state index in [0.29, 0.717) is 6.42 Å². The summed E-state index contributed by atoms with van der Waals surface area (Å²) in [5.74, 6) is -0.578. The largest absolute Gasteiger partial charge is 0.464 e. The quantitative estimate of drug-likeness (QED) is 0.833. The number of H-pyrrole nitrogens is 1. The van der Waals surface area contributed by atoms with Gasteiger partial charge in [-0.2, -0.15) is 0 Å². The van der Waals surface area contributed by atoms with Crippen molar-refractivity contribution in [3.05, 3.63) is 36.0 Å². The fourth-order valence-corrected chi connectivity index (χ4v) is 2.33. The summed E-state index contributed by atoms with van der Waals surface area (Å²) in [6.45, 7) is 7.49. The van der Waals surface area contributed by atoms with Crippen molar-refractivity contribution < 1.29 is 14.3 Å². The lowest BCUT2D eigenvalue weighted by Gasteiger charge is -2.23. The van der Waals surface area contributed by atoms with Gasteiger partial charge in [-0.25, -0.2) is 4.79 Å². The molecule has 2 rings (SSSR count). The van der Waals surface area contributed by atoms with E-state index >= 15 is 0 Å². The van der Waals surface area contributed by atoms with Gasteiger partial charge in [0.1, 0.15) is 6.04 Å². The number of fused-ring (bicyclic) bond motifs is 1. The van der Waals surface area contributed by atoms with Gasteiger partial charge in [-0.05, 0) is 18.6 Å². The molecule has 5 heteroatoms. The van der Waals surface area contributed by atoms with Crippen LogP contribution < -0.4 is 5.32 Å². The highest BCUT2D eigenvalue weighted by atomic mass is 16.5. The zero-order chi connectivity index (χ0) is 17.0. The summed E-state index contributed by atoms with van der Waals surface area (Å²) in [5.41, 5.74) is 1.42. The molecule has 1 atom stereocenters. The van der Waals surface area contributed by atoms with Crippen molar-refractivity contribution in [1.29, 1.82) is 0 Å². The van der Waals surface area contributed by atoms with Crippen LogP contribution >= 0.6 is 0 Å². The Bertz CT molecular complexity index is 698. The Kier molecular flexibility index (Phi) is 5.08. The third-order valence-corrected chi connectivity index (χ3v) is 3.66. The van der Waals surface area contributed by atoms with Crippen molar-refractivity contribution in [3.63, 3.8) is 0 Å². The Labute approximate surface area is 136 Å². The summed E-state index contributed by atoms with van der Waals surface area (Å²) in [5, 5.41) is 3.87. The van der Waals surface area contributed by atoms with E-state index in [1.54, 1.807) is 6.92 Å². The average Bonchev–Trinajstić information content (AvgIpc) is 2.89. The Balaban J connectivity index is 2.23. The molecule has 23 heavy (non-hydrogen) atoms. The minimum absolute atomic E-state index is 0.171. The van der Waals surface area contributed by atoms with Crippen molar-refractivity contribution in [2.24, 2.45) is 5.41 Å². The number of carbonyl (C=O) groups excluding carboxylic acids is 2. The molecule has 1 amide bonds. The Hall–Kier alpha value is -2.30. The van der Waals surface area contributed by atoms with Crippen LogP contribution in [0.15, 0.2) is 30.5 Å². The molecule has 2 aromatic rings. The van der Waals surface area contributed by atoms with Gasteiger partial charge < -0.3 is 15.0 Å². The van der Waals surface area contributed by atoms with Crippen molar-refractivity contribution in [3.8, 4) is 0 Å². The fourth-order valence-electron chi connectivity index (χ4n) is 2.33. The molecule has 0 saturated carbocycles.